The van der Waals surface area contributed by atoms with Crippen molar-refractivity contribution in [2.45, 2.75) is 69.3 Å². The highest BCUT2D eigenvalue weighted by atomic mass is 127. The lowest BCUT2D eigenvalue weighted by Crippen LogP contribution is -2.55. The zero-order chi connectivity index (χ0) is 15.5. The van der Waals surface area contributed by atoms with Crippen LogP contribution in [0.5, 0.6) is 0 Å². The van der Waals surface area contributed by atoms with Gasteiger partial charge in [-0.25, -0.2) is 0 Å². The number of likely N-dealkylation sites (tertiary alicyclic amines) is 1. The molecular formula is C20H30INO2. The molecule has 0 unspecified atom stereocenters. The van der Waals surface area contributed by atoms with Crippen LogP contribution in [0.25, 0.3) is 0 Å². The fraction of sp³-hybridized carbons (Fsp3) is 0.700. The Morgan fingerprint density at radius 1 is 1.04 bits per heavy atom. The molecule has 1 aromatic rings. The molecule has 0 atom stereocenters. The average Bonchev–Trinajstić information content (AvgIpc) is 2.57. The summed E-state index contributed by atoms with van der Waals surface area (Å²) in [5, 5.41) is 0. The largest absolute Gasteiger partial charge is 0.375 e. The summed E-state index contributed by atoms with van der Waals surface area (Å²) in [4.78, 5) is 2.69. The molecule has 0 radical (unpaired) electrons. The van der Waals surface area contributed by atoms with E-state index in [1.54, 1.807) is 0 Å². The highest BCUT2D eigenvalue weighted by Gasteiger charge is 2.41. The van der Waals surface area contributed by atoms with Gasteiger partial charge in [-0.05, 0) is 50.5 Å². The molecule has 1 spiro atoms. The molecule has 3 fully saturated rings. The van der Waals surface area contributed by atoms with Gasteiger partial charge in [0.1, 0.15) is 0 Å². The first kappa shape index (κ1) is 18.6. The smallest absolute Gasteiger partial charge is 0.0720 e. The number of halogens is 1. The molecule has 24 heavy (non-hydrogen) atoms. The molecule has 4 heteroatoms. The summed E-state index contributed by atoms with van der Waals surface area (Å²) >= 11 is 0. The summed E-state index contributed by atoms with van der Waals surface area (Å²) in [5.74, 6) is 0. The van der Waals surface area contributed by atoms with Crippen molar-refractivity contribution in [3.05, 3.63) is 35.9 Å². The monoisotopic (exact) mass is 443 g/mol. The molecule has 3 aliphatic rings. The predicted octanol–water partition coefficient (Wildman–Crippen LogP) is 4.39. The Hall–Kier alpha value is -0.170. The Bertz CT molecular complexity index is 488. The lowest BCUT2D eigenvalue weighted by Gasteiger charge is -2.49. The molecule has 0 bridgehead atoms. The third-order valence-corrected chi connectivity index (χ3v) is 6.06. The SMILES string of the molecule is I.c1ccc(COC2CC(N3CCC4(CCCCO4)CC3)C2)cc1. The Kier molecular flexibility index (Phi) is 6.57. The van der Waals surface area contributed by atoms with Crippen molar-refractivity contribution < 1.29 is 9.47 Å². The van der Waals surface area contributed by atoms with E-state index in [1.165, 1.54) is 63.6 Å². The number of benzene rings is 1. The molecule has 0 aromatic heterocycles. The second kappa shape index (κ2) is 8.47. The molecule has 2 aliphatic heterocycles. The highest BCUT2D eigenvalue weighted by molar-refractivity contribution is 14.0. The van der Waals surface area contributed by atoms with Crippen molar-refractivity contribution in [3.63, 3.8) is 0 Å². The molecule has 0 amide bonds. The molecule has 3 nitrogen and oxygen atoms in total. The van der Waals surface area contributed by atoms with Crippen LogP contribution < -0.4 is 0 Å². The molecule has 4 rings (SSSR count). The van der Waals surface area contributed by atoms with Gasteiger partial charge in [0, 0.05) is 25.7 Å². The van der Waals surface area contributed by atoms with Gasteiger partial charge in [-0.15, -0.1) is 24.0 Å². The van der Waals surface area contributed by atoms with Crippen LogP contribution in [-0.2, 0) is 16.1 Å². The van der Waals surface area contributed by atoms with Crippen molar-refractivity contribution in [3.8, 4) is 0 Å². The summed E-state index contributed by atoms with van der Waals surface area (Å²) in [5.41, 5.74) is 1.52. The van der Waals surface area contributed by atoms with Crippen LogP contribution in [0.4, 0.5) is 0 Å². The van der Waals surface area contributed by atoms with E-state index in [4.69, 9.17) is 9.47 Å². The van der Waals surface area contributed by atoms with Crippen LogP contribution in [-0.4, -0.2) is 42.3 Å². The van der Waals surface area contributed by atoms with Crippen LogP contribution in [0.1, 0.15) is 50.5 Å². The van der Waals surface area contributed by atoms with Gasteiger partial charge >= 0.3 is 0 Å². The van der Waals surface area contributed by atoms with E-state index in [9.17, 15) is 0 Å². The van der Waals surface area contributed by atoms with Crippen LogP contribution in [0.3, 0.4) is 0 Å². The molecule has 1 aliphatic carbocycles. The first-order chi connectivity index (χ1) is 11.3. The standard InChI is InChI=1S/C20H29NO2.HI/c1-2-6-17(7-3-1)16-22-19-14-18(15-19)21-11-9-20(10-12-21)8-4-5-13-23-20;/h1-3,6-7,18-19H,4-5,8-16H2;1H. The maximum Gasteiger partial charge on any atom is 0.0720 e. The van der Waals surface area contributed by atoms with Crippen molar-refractivity contribution in [2.24, 2.45) is 0 Å². The first-order valence-corrected chi connectivity index (χ1v) is 9.37. The quantitative estimate of drug-likeness (QED) is 0.645. The first-order valence-electron chi connectivity index (χ1n) is 9.37. The van der Waals surface area contributed by atoms with E-state index in [-0.39, 0.29) is 29.6 Å². The summed E-state index contributed by atoms with van der Waals surface area (Å²) in [6.45, 7) is 4.18. The molecule has 1 saturated carbocycles. The lowest BCUT2D eigenvalue weighted by atomic mass is 9.81. The van der Waals surface area contributed by atoms with Gasteiger partial charge in [0.2, 0.25) is 0 Å². The number of rotatable bonds is 4. The minimum absolute atomic E-state index is 0. The molecule has 1 aromatic carbocycles. The fourth-order valence-corrected chi connectivity index (χ4v) is 4.36. The number of nitrogens with zero attached hydrogens (tertiary/aromatic N) is 1. The summed E-state index contributed by atoms with van der Waals surface area (Å²) in [7, 11) is 0. The topological polar surface area (TPSA) is 21.7 Å². The third-order valence-electron chi connectivity index (χ3n) is 6.06. The number of piperidine rings is 1. The molecule has 2 heterocycles. The minimum Gasteiger partial charge on any atom is -0.375 e. The van der Waals surface area contributed by atoms with Crippen LogP contribution in [0.15, 0.2) is 30.3 Å². The van der Waals surface area contributed by atoms with Crippen molar-refractivity contribution in [1.29, 1.82) is 0 Å². The minimum atomic E-state index is 0. The molecule has 0 N–H and O–H groups in total. The average molecular weight is 443 g/mol. The normalized spacial score (nSPS) is 29.7. The summed E-state index contributed by atoms with van der Waals surface area (Å²) in [6.07, 6.45) is 9.25. The number of ether oxygens (including phenoxy) is 2. The molecule has 2 saturated heterocycles. The van der Waals surface area contributed by atoms with E-state index in [0.29, 0.717) is 6.10 Å². The van der Waals surface area contributed by atoms with E-state index in [2.05, 4.69) is 35.2 Å². The van der Waals surface area contributed by atoms with Gasteiger partial charge in [-0.1, -0.05) is 30.3 Å². The van der Waals surface area contributed by atoms with Gasteiger partial charge in [-0.2, -0.15) is 0 Å². The zero-order valence-corrected chi connectivity index (χ0v) is 16.8. The number of hydrogen-bond donors (Lipinski definition) is 0. The molecule has 134 valence electrons. The van der Waals surface area contributed by atoms with Gasteiger partial charge < -0.3 is 9.47 Å². The summed E-state index contributed by atoms with van der Waals surface area (Å²) in [6, 6.07) is 11.3. The van der Waals surface area contributed by atoms with E-state index >= 15 is 0 Å². The van der Waals surface area contributed by atoms with Gasteiger partial charge in [0.25, 0.3) is 0 Å². The Balaban J connectivity index is 0.00000169. The maximum absolute atomic E-state index is 6.14. The van der Waals surface area contributed by atoms with E-state index in [1.807, 2.05) is 0 Å². The Morgan fingerprint density at radius 3 is 2.46 bits per heavy atom. The lowest BCUT2D eigenvalue weighted by molar-refractivity contribution is -0.129. The predicted molar refractivity (Wildman–Crippen MR) is 107 cm³/mol. The fourth-order valence-electron chi connectivity index (χ4n) is 4.36. The third kappa shape index (κ3) is 4.32. The van der Waals surface area contributed by atoms with Crippen molar-refractivity contribution >= 4 is 24.0 Å². The Labute approximate surface area is 163 Å². The second-order valence-electron chi connectivity index (χ2n) is 7.57. The van der Waals surface area contributed by atoms with Gasteiger partial charge in [0.15, 0.2) is 0 Å². The van der Waals surface area contributed by atoms with Crippen LogP contribution in [0.2, 0.25) is 0 Å². The van der Waals surface area contributed by atoms with Crippen LogP contribution in [0, 0.1) is 0 Å². The van der Waals surface area contributed by atoms with Gasteiger partial charge in [0.05, 0.1) is 18.3 Å². The maximum atomic E-state index is 6.14. The molecular weight excluding hydrogens is 413 g/mol. The van der Waals surface area contributed by atoms with E-state index < -0.39 is 0 Å². The second-order valence-corrected chi connectivity index (χ2v) is 7.57. The Morgan fingerprint density at radius 2 is 1.79 bits per heavy atom. The van der Waals surface area contributed by atoms with Gasteiger partial charge in [-0.3, -0.25) is 4.90 Å². The van der Waals surface area contributed by atoms with E-state index in [0.717, 1.165) is 19.3 Å². The van der Waals surface area contributed by atoms with Crippen molar-refractivity contribution in [1.82, 2.24) is 4.90 Å². The summed E-state index contributed by atoms with van der Waals surface area (Å²) < 4.78 is 12.2. The highest BCUT2D eigenvalue weighted by Crippen LogP contribution is 2.38. The van der Waals surface area contributed by atoms with Crippen molar-refractivity contribution in [2.75, 3.05) is 19.7 Å². The zero-order valence-electron chi connectivity index (χ0n) is 14.5. The number of hydrogen-bond acceptors (Lipinski definition) is 3. The van der Waals surface area contributed by atoms with Crippen LogP contribution >= 0.6 is 24.0 Å².